The second-order valence-electron chi connectivity index (χ2n) is 9.63. The fraction of sp³-hybridized carbons (Fsp3) is 0.429. The molecular formula is C28H33N3O5. The smallest absolute Gasteiger partial charge is 0.246 e. The number of carbonyl (C=O) groups is 2. The van der Waals surface area contributed by atoms with Gasteiger partial charge in [0.1, 0.15) is 23.6 Å². The number of rotatable bonds is 8. The van der Waals surface area contributed by atoms with Gasteiger partial charge in [0, 0.05) is 41.7 Å². The molecule has 2 amide bonds. The maximum absolute atomic E-state index is 13.8. The standard InChI is InChI=1S/C28H33N3O5/c1-17(2)36-13-7-12-30-16-25(32)31-23(28(30)33)15-20-19-8-5-6-9-22(19)29-26(20)27(31)21-14-18(34-3)10-11-24(21)35-4/h5-6,8-11,14,17,23,27,29H,7,12-13,15-16H2,1-4H3/t23-,27+/m0/s1. The van der Waals surface area contributed by atoms with Gasteiger partial charge >= 0.3 is 0 Å². The largest absolute Gasteiger partial charge is 0.497 e. The van der Waals surface area contributed by atoms with Gasteiger partial charge in [-0.25, -0.2) is 0 Å². The highest BCUT2D eigenvalue weighted by molar-refractivity contribution is 5.97. The molecule has 8 nitrogen and oxygen atoms in total. The Balaban J connectivity index is 1.58. The van der Waals surface area contributed by atoms with Crippen molar-refractivity contribution in [2.75, 3.05) is 33.9 Å². The van der Waals surface area contributed by atoms with Gasteiger partial charge in [-0.1, -0.05) is 18.2 Å². The Bertz CT molecular complexity index is 1280. The fourth-order valence-electron chi connectivity index (χ4n) is 5.46. The second-order valence-corrected chi connectivity index (χ2v) is 9.63. The van der Waals surface area contributed by atoms with Gasteiger partial charge in [0.05, 0.1) is 26.9 Å². The van der Waals surface area contributed by atoms with Crippen molar-refractivity contribution in [3.8, 4) is 11.5 Å². The van der Waals surface area contributed by atoms with Crippen molar-refractivity contribution in [1.29, 1.82) is 0 Å². The van der Waals surface area contributed by atoms with Gasteiger partial charge < -0.3 is 29.0 Å². The van der Waals surface area contributed by atoms with E-state index < -0.39 is 12.1 Å². The zero-order chi connectivity index (χ0) is 25.4. The van der Waals surface area contributed by atoms with Crippen LogP contribution in [0.1, 0.15) is 43.1 Å². The van der Waals surface area contributed by atoms with Crippen LogP contribution in [-0.2, 0) is 20.7 Å². The van der Waals surface area contributed by atoms with Crippen molar-refractivity contribution in [1.82, 2.24) is 14.8 Å². The number of aromatic amines is 1. The Morgan fingerprint density at radius 3 is 2.64 bits per heavy atom. The molecule has 5 rings (SSSR count). The normalized spacial score (nSPS) is 19.6. The number of aromatic nitrogens is 1. The molecule has 1 saturated heterocycles. The van der Waals surface area contributed by atoms with Crippen molar-refractivity contribution < 1.29 is 23.8 Å². The molecule has 0 aliphatic carbocycles. The lowest BCUT2D eigenvalue weighted by atomic mass is 9.85. The molecule has 2 aliphatic rings. The number of methoxy groups -OCH3 is 2. The molecule has 36 heavy (non-hydrogen) atoms. The minimum atomic E-state index is -0.593. The number of nitrogens with one attached hydrogen (secondary N) is 1. The van der Waals surface area contributed by atoms with Crippen LogP contribution in [0.2, 0.25) is 0 Å². The first-order valence-electron chi connectivity index (χ1n) is 12.5. The van der Waals surface area contributed by atoms with Gasteiger partial charge in [-0.3, -0.25) is 9.59 Å². The van der Waals surface area contributed by atoms with Gasteiger partial charge in [0.2, 0.25) is 11.8 Å². The number of hydrogen-bond acceptors (Lipinski definition) is 5. The molecule has 2 atom stereocenters. The molecule has 1 N–H and O–H groups in total. The Morgan fingerprint density at radius 2 is 1.89 bits per heavy atom. The predicted molar refractivity (Wildman–Crippen MR) is 136 cm³/mol. The predicted octanol–water partition coefficient (Wildman–Crippen LogP) is 3.69. The highest BCUT2D eigenvalue weighted by Gasteiger charge is 2.48. The number of hydrogen-bond donors (Lipinski definition) is 1. The van der Waals surface area contributed by atoms with Crippen molar-refractivity contribution in [3.05, 3.63) is 59.3 Å². The maximum Gasteiger partial charge on any atom is 0.246 e. The molecule has 0 unspecified atom stereocenters. The summed E-state index contributed by atoms with van der Waals surface area (Å²) in [5.41, 5.74) is 3.75. The van der Waals surface area contributed by atoms with Crippen molar-refractivity contribution >= 4 is 22.7 Å². The van der Waals surface area contributed by atoms with E-state index in [0.717, 1.165) is 27.7 Å². The highest BCUT2D eigenvalue weighted by Crippen LogP contribution is 2.45. The molecule has 3 aromatic rings. The summed E-state index contributed by atoms with van der Waals surface area (Å²) in [6.45, 7) is 5.08. The van der Waals surface area contributed by atoms with Gasteiger partial charge in [-0.2, -0.15) is 0 Å². The molecule has 1 aromatic heterocycles. The van der Waals surface area contributed by atoms with E-state index in [1.807, 2.05) is 50.2 Å². The molecule has 2 aliphatic heterocycles. The minimum Gasteiger partial charge on any atom is -0.497 e. The van der Waals surface area contributed by atoms with Gasteiger partial charge in [-0.05, 0) is 50.1 Å². The molecule has 0 spiro atoms. The number of benzene rings is 2. The van der Waals surface area contributed by atoms with Gasteiger partial charge in [0.15, 0.2) is 0 Å². The van der Waals surface area contributed by atoms with Crippen LogP contribution >= 0.6 is 0 Å². The van der Waals surface area contributed by atoms with Crippen LogP contribution in [0.15, 0.2) is 42.5 Å². The fourth-order valence-corrected chi connectivity index (χ4v) is 5.46. The first-order valence-corrected chi connectivity index (χ1v) is 12.5. The minimum absolute atomic E-state index is 0.0260. The molecule has 0 radical (unpaired) electrons. The van der Waals surface area contributed by atoms with Crippen LogP contribution < -0.4 is 9.47 Å². The number of amides is 2. The first kappa shape index (κ1) is 24.2. The second kappa shape index (κ2) is 9.85. The van der Waals surface area contributed by atoms with Crippen LogP contribution in [0.5, 0.6) is 11.5 Å². The van der Waals surface area contributed by atoms with E-state index in [1.54, 1.807) is 24.0 Å². The summed E-state index contributed by atoms with van der Waals surface area (Å²) in [6.07, 6.45) is 1.29. The third-order valence-electron chi connectivity index (χ3n) is 7.10. The summed E-state index contributed by atoms with van der Waals surface area (Å²) in [7, 11) is 3.22. The van der Waals surface area contributed by atoms with Crippen LogP contribution in [0.3, 0.4) is 0 Å². The van der Waals surface area contributed by atoms with E-state index in [9.17, 15) is 9.59 Å². The van der Waals surface area contributed by atoms with Crippen molar-refractivity contribution in [3.63, 3.8) is 0 Å². The Labute approximate surface area is 211 Å². The van der Waals surface area contributed by atoms with Crippen molar-refractivity contribution in [2.45, 2.75) is 44.9 Å². The number of piperazine rings is 1. The summed E-state index contributed by atoms with van der Waals surface area (Å²) >= 11 is 0. The third-order valence-corrected chi connectivity index (χ3v) is 7.10. The van der Waals surface area contributed by atoms with Crippen LogP contribution in [-0.4, -0.2) is 72.7 Å². The molecule has 1 fully saturated rings. The van der Waals surface area contributed by atoms with Crippen LogP contribution in [0, 0.1) is 0 Å². The molecule has 8 heteroatoms. The zero-order valence-electron chi connectivity index (χ0n) is 21.2. The van der Waals surface area contributed by atoms with E-state index in [2.05, 4.69) is 11.1 Å². The van der Waals surface area contributed by atoms with E-state index in [4.69, 9.17) is 14.2 Å². The summed E-state index contributed by atoms with van der Waals surface area (Å²) < 4.78 is 16.9. The van der Waals surface area contributed by atoms with E-state index in [1.165, 1.54) is 0 Å². The molecule has 0 bridgehead atoms. The molecule has 0 saturated carbocycles. The topological polar surface area (TPSA) is 84.1 Å². The van der Waals surface area contributed by atoms with Crippen LogP contribution in [0.25, 0.3) is 10.9 Å². The quantitative estimate of drug-likeness (QED) is 0.486. The molecular weight excluding hydrogens is 458 g/mol. The Morgan fingerprint density at radius 1 is 1.08 bits per heavy atom. The number of fused-ring (bicyclic) bond motifs is 4. The lowest BCUT2D eigenvalue weighted by Crippen LogP contribution is -2.63. The summed E-state index contributed by atoms with van der Waals surface area (Å²) in [5.74, 6) is 1.19. The summed E-state index contributed by atoms with van der Waals surface area (Å²) in [6, 6.07) is 12.6. The van der Waals surface area contributed by atoms with E-state index >= 15 is 0 Å². The number of H-pyrrole nitrogens is 1. The third kappa shape index (κ3) is 4.19. The number of para-hydroxylation sites is 1. The maximum atomic E-state index is 13.8. The summed E-state index contributed by atoms with van der Waals surface area (Å²) in [5, 5.41) is 1.07. The van der Waals surface area contributed by atoms with E-state index in [-0.39, 0.29) is 24.5 Å². The molecule has 2 aromatic carbocycles. The number of nitrogens with zero attached hydrogens (tertiary/aromatic N) is 2. The van der Waals surface area contributed by atoms with Crippen LogP contribution in [0.4, 0.5) is 0 Å². The summed E-state index contributed by atoms with van der Waals surface area (Å²) in [4.78, 5) is 34.5. The monoisotopic (exact) mass is 491 g/mol. The lowest BCUT2D eigenvalue weighted by molar-refractivity contribution is -0.158. The molecule has 3 heterocycles. The lowest BCUT2D eigenvalue weighted by Gasteiger charge is -2.47. The Kier molecular flexibility index (Phi) is 6.62. The van der Waals surface area contributed by atoms with E-state index in [0.29, 0.717) is 37.5 Å². The zero-order valence-corrected chi connectivity index (χ0v) is 21.2. The highest BCUT2D eigenvalue weighted by atomic mass is 16.5. The van der Waals surface area contributed by atoms with Gasteiger partial charge in [-0.15, -0.1) is 0 Å². The average Bonchev–Trinajstić information content (AvgIpc) is 3.26. The average molecular weight is 492 g/mol. The van der Waals surface area contributed by atoms with Crippen molar-refractivity contribution in [2.24, 2.45) is 0 Å². The Hall–Kier alpha value is -3.52. The number of ether oxygens (including phenoxy) is 3. The van der Waals surface area contributed by atoms with Gasteiger partial charge in [0.25, 0.3) is 0 Å². The first-order chi connectivity index (χ1) is 17.4. The SMILES string of the molecule is COc1ccc(OC)c([C@@H]2c3[nH]c4ccccc4c3C[C@H]3C(=O)N(CCCOC(C)C)CC(=O)N23)c1. The number of carbonyl (C=O) groups excluding carboxylic acids is 2. The molecule has 190 valence electrons.